The van der Waals surface area contributed by atoms with Gasteiger partial charge in [0.15, 0.2) is 0 Å². The number of aliphatic hydroxyl groups is 1. The van der Waals surface area contributed by atoms with E-state index >= 15 is 0 Å². The number of ether oxygens (including phenoxy) is 1. The quantitative estimate of drug-likeness (QED) is 0.822. The highest BCUT2D eigenvalue weighted by atomic mass is 35.5. The van der Waals surface area contributed by atoms with Gasteiger partial charge in [0.2, 0.25) is 0 Å². The number of fused-ring (bicyclic) bond motifs is 1. The Morgan fingerprint density at radius 1 is 1.39 bits per heavy atom. The zero-order valence-corrected chi connectivity index (χ0v) is 11.0. The number of nitrogens with one attached hydrogen (secondary N) is 1. The van der Waals surface area contributed by atoms with Gasteiger partial charge in [-0.3, -0.25) is 5.32 Å². The maximum Gasteiger partial charge on any atom is 0.134 e. The predicted octanol–water partition coefficient (Wildman–Crippen LogP) is 2.63. The standard InChI is InChI=1S/C14H18ClNO2/c15-11-5-3-4-10(8-11)13-16-9-14(17)7-2-1-6-12(14)18-13/h3-5,8,12-13,16-17H,1-2,6-7,9H2/t12-,13+,14-/m1/s1. The third-order valence-electron chi connectivity index (χ3n) is 3.97. The maximum absolute atomic E-state index is 10.5. The summed E-state index contributed by atoms with van der Waals surface area (Å²) in [5, 5.41) is 14.5. The van der Waals surface area contributed by atoms with Crippen molar-refractivity contribution in [1.29, 1.82) is 0 Å². The number of rotatable bonds is 1. The summed E-state index contributed by atoms with van der Waals surface area (Å²) >= 11 is 6.00. The van der Waals surface area contributed by atoms with Gasteiger partial charge in [-0.2, -0.15) is 0 Å². The minimum absolute atomic E-state index is 0.0588. The molecule has 18 heavy (non-hydrogen) atoms. The van der Waals surface area contributed by atoms with Gasteiger partial charge in [-0.15, -0.1) is 0 Å². The van der Waals surface area contributed by atoms with Gasteiger partial charge in [-0.05, 0) is 30.5 Å². The van der Waals surface area contributed by atoms with Gasteiger partial charge in [0.05, 0.1) is 6.10 Å². The van der Waals surface area contributed by atoms with Crippen LogP contribution in [0.15, 0.2) is 24.3 Å². The molecule has 2 aliphatic rings. The molecule has 1 aromatic carbocycles. The van der Waals surface area contributed by atoms with Crippen LogP contribution in [-0.2, 0) is 4.74 Å². The zero-order chi connectivity index (χ0) is 12.6. The van der Waals surface area contributed by atoms with Gasteiger partial charge in [0.25, 0.3) is 0 Å². The molecule has 0 bridgehead atoms. The maximum atomic E-state index is 10.5. The summed E-state index contributed by atoms with van der Waals surface area (Å²) in [5.41, 5.74) is 0.336. The van der Waals surface area contributed by atoms with E-state index < -0.39 is 5.60 Å². The fourth-order valence-electron chi connectivity index (χ4n) is 2.94. The fourth-order valence-corrected chi connectivity index (χ4v) is 3.13. The molecule has 2 N–H and O–H groups in total. The molecule has 1 aliphatic carbocycles. The van der Waals surface area contributed by atoms with Crippen molar-refractivity contribution in [1.82, 2.24) is 5.32 Å². The van der Waals surface area contributed by atoms with Crippen LogP contribution in [0.25, 0.3) is 0 Å². The van der Waals surface area contributed by atoms with Crippen molar-refractivity contribution in [3.8, 4) is 0 Å². The molecule has 4 heteroatoms. The van der Waals surface area contributed by atoms with Crippen LogP contribution in [0.5, 0.6) is 0 Å². The second-order valence-corrected chi connectivity index (χ2v) is 5.73. The first kappa shape index (κ1) is 12.4. The molecule has 98 valence electrons. The van der Waals surface area contributed by atoms with E-state index in [2.05, 4.69) is 5.32 Å². The molecule has 3 nitrogen and oxygen atoms in total. The third kappa shape index (κ3) is 2.28. The fraction of sp³-hybridized carbons (Fsp3) is 0.571. The van der Waals surface area contributed by atoms with E-state index in [9.17, 15) is 5.11 Å². The molecular weight excluding hydrogens is 250 g/mol. The van der Waals surface area contributed by atoms with Gasteiger partial charge in [-0.1, -0.05) is 36.6 Å². The van der Waals surface area contributed by atoms with Crippen molar-refractivity contribution in [2.75, 3.05) is 6.54 Å². The first-order chi connectivity index (χ1) is 8.67. The summed E-state index contributed by atoms with van der Waals surface area (Å²) in [6.07, 6.45) is 3.76. The molecule has 0 amide bonds. The van der Waals surface area contributed by atoms with Crippen LogP contribution in [0.4, 0.5) is 0 Å². The lowest BCUT2D eigenvalue weighted by molar-refractivity contribution is -0.195. The molecule has 3 rings (SSSR count). The number of benzene rings is 1. The molecule has 1 aromatic rings. The summed E-state index contributed by atoms with van der Waals surface area (Å²) in [6.45, 7) is 0.592. The number of hydrogen-bond acceptors (Lipinski definition) is 3. The molecule has 1 heterocycles. The van der Waals surface area contributed by atoms with Crippen LogP contribution in [0.2, 0.25) is 5.02 Å². The molecule has 1 aliphatic heterocycles. The van der Waals surface area contributed by atoms with Gasteiger partial charge >= 0.3 is 0 Å². The largest absolute Gasteiger partial charge is 0.386 e. The van der Waals surface area contributed by atoms with Crippen LogP contribution in [-0.4, -0.2) is 23.4 Å². The highest BCUT2D eigenvalue weighted by Gasteiger charge is 2.44. The van der Waals surface area contributed by atoms with E-state index in [0.29, 0.717) is 11.6 Å². The number of β-amino-alcohol motifs (C(OH)–C–C–N with tert-alkyl or cyclic N) is 1. The summed E-state index contributed by atoms with van der Waals surface area (Å²) in [4.78, 5) is 0. The molecule has 3 atom stereocenters. The molecule has 0 radical (unpaired) electrons. The van der Waals surface area contributed by atoms with Crippen molar-refractivity contribution < 1.29 is 9.84 Å². The van der Waals surface area contributed by atoms with E-state index in [1.807, 2.05) is 24.3 Å². The van der Waals surface area contributed by atoms with Crippen LogP contribution < -0.4 is 5.32 Å². The van der Waals surface area contributed by atoms with Crippen LogP contribution in [0.1, 0.15) is 37.5 Å². The smallest absolute Gasteiger partial charge is 0.134 e. The van der Waals surface area contributed by atoms with E-state index in [1.165, 1.54) is 0 Å². The Bertz CT molecular complexity index is 440. The SMILES string of the molecule is O[C@@]12CCCC[C@H]1O[C@@H](c1cccc(Cl)c1)NC2. The molecule has 0 aromatic heterocycles. The Kier molecular flexibility index (Phi) is 3.32. The van der Waals surface area contributed by atoms with Gasteiger partial charge in [0.1, 0.15) is 11.8 Å². The molecule has 2 fully saturated rings. The van der Waals surface area contributed by atoms with E-state index in [-0.39, 0.29) is 12.3 Å². The zero-order valence-electron chi connectivity index (χ0n) is 10.2. The second-order valence-electron chi connectivity index (χ2n) is 5.29. The molecule has 1 saturated carbocycles. The lowest BCUT2D eigenvalue weighted by Gasteiger charge is -2.46. The average molecular weight is 268 g/mol. The summed E-state index contributed by atoms with van der Waals surface area (Å²) in [7, 11) is 0. The first-order valence-electron chi connectivity index (χ1n) is 6.54. The first-order valence-corrected chi connectivity index (χ1v) is 6.92. The van der Waals surface area contributed by atoms with Crippen LogP contribution >= 0.6 is 11.6 Å². The van der Waals surface area contributed by atoms with E-state index in [0.717, 1.165) is 31.2 Å². The summed E-state index contributed by atoms with van der Waals surface area (Å²) in [6, 6.07) is 7.68. The van der Waals surface area contributed by atoms with E-state index in [1.54, 1.807) is 0 Å². The Hall–Kier alpha value is -0.610. The lowest BCUT2D eigenvalue weighted by Crippen LogP contribution is -2.59. The van der Waals surface area contributed by atoms with Crippen molar-refractivity contribution >= 4 is 11.6 Å². The predicted molar refractivity (Wildman–Crippen MR) is 70.5 cm³/mol. The van der Waals surface area contributed by atoms with Gasteiger partial charge in [-0.25, -0.2) is 0 Å². The van der Waals surface area contributed by atoms with Gasteiger partial charge in [0, 0.05) is 11.6 Å². The highest BCUT2D eigenvalue weighted by molar-refractivity contribution is 6.30. The molecule has 0 unspecified atom stereocenters. The van der Waals surface area contributed by atoms with Crippen molar-refractivity contribution in [3.05, 3.63) is 34.9 Å². The average Bonchev–Trinajstić information content (AvgIpc) is 2.37. The molecule has 1 saturated heterocycles. The Morgan fingerprint density at radius 2 is 2.28 bits per heavy atom. The van der Waals surface area contributed by atoms with Crippen molar-refractivity contribution in [2.45, 2.75) is 43.6 Å². The third-order valence-corrected chi connectivity index (χ3v) is 4.21. The number of hydrogen-bond donors (Lipinski definition) is 2. The minimum Gasteiger partial charge on any atom is -0.386 e. The van der Waals surface area contributed by atoms with Crippen LogP contribution in [0, 0.1) is 0 Å². The lowest BCUT2D eigenvalue weighted by atomic mass is 9.81. The minimum atomic E-state index is -0.687. The number of halogens is 1. The van der Waals surface area contributed by atoms with Crippen molar-refractivity contribution in [2.24, 2.45) is 0 Å². The van der Waals surface area contributed by atoms with Gasteiger partial charge < -0.3 is 9.84 Å². The summed E-state index contributed by atoms with van der Waals surface area (Å²) in [5.74, 6) is 0. The molecule has 0 spiro atoms. The topological polar surface area (TPSA) is 41.5 Å². The Balaban J connectivity index is 1.77. The normalized spacial score (nSPS) is 36.1. The second kappa shape index (κ2) is 4.82. The van der Waals surface area contributed by atoms with Crippen molar-refractivity contribution in [3.63, 3.8) is 0 Å². The molecular formula is C14H18ClNO2. The monoisotopic (exact) mass is 267 g/mol. The summed E-state index contributed by atoms with van der Waals surface area (Å²) < 4.78 is 6.01. The Morgan fingerprint density at radius 3 is 3.11 bits per heavy atom. The van der Waals surface area contributed by atoms with E-state index in [4.69, 9.17) is 16.3 Å². The van der Waals surface area contributed by atoms with Crippen LogP contribution in [0.3, 0.4) is 0 Å². The Labute approximate surface area is 112 Å². The highest BCUT2D eigenvalue weighted by Crippen LogP contribution is 2.37.